The molecular weight excluding hydrogens is 264 g/mol. The van der Waals surface area contributed by atoms with Gasteiger partial charge in [-0.1, -0.05) is 6.07 Å². The molecule has 0 spiro atoms. The van der Waals surface area contributed by atoms with Crippen molar-refractivity contribution in [2.75, 3.05) is 33.3 Å². The van der Waals surface area contributed by atoms with E-state index < -0.39 is 0 Å². The number of phenolic OH excluding ortho intramolecular Hbond substituents is 1. The number of nitrogens with zero attached hydrogens (tertiary/aromatic N) is 2. The van der Waals surface area contributed by atoms with Gasteiger partial charge in [0.15, 0.2) is 0 Å². The Labute approximate surface area is 128 Å². The second-order valence-corrected chi connectivity index (χ2v) is 6.79. The second-order valence-electron chi connectivity index (χ2n) is 6.79. The maximum Gasteiger partial charge on any atom is 0.124 e. The lowest BCUT2D eigenvalue weighted by Gasteiger charge is -2.44. The lowest BCUT2D eigenvalue weighted by Crippen LogP contribution is -2.53. The molecular formula is C17H28N2O2. The minimum atomic E-state index is 0.220. The summed E-state index contributed by atoms with van der Waals surface area (Å²) in [6.07, 6.45) is 0. The van der Waals surface area contributed by atoms with Gasteiger partial charge in [-0.2, -0.15) is 0 Å². The SMILES string of the molecule is COc1ccc(C(C)N2CCN(C(C)(C)C)CC2)c(O)c1. The number of piperazine rings is 1. The van der Waals surface area contributed by atoms with Crippen LogP contribution in [0.2, 0.25) is 0 Å². The minimum Gasteiger partial charge on any atom is -0.507 e. The fourth-order valence-corrected chi connectivity index (χ4v) is 2.98. The van der Waals surface area contributed by atoms with Crippen LogP contribution in [0.5, 0.6) is 11.5 Å². The van der Waals surface area contributed by atoms with Crippen molar-refractivity contribution in [3.05, 3.63) is 23.8 Å². The number of hydrogen-bond donors (Lipinski definition) is 1. The van der Waals surface area contributed by atoms with Gasteiger partial charge in [-0.15, -0.1) is 0 Å². The van der Waals surface area contributed by atoms with Crippen molar-refractivity contribution in [3.63, 3.8) is 0 Å². The van der Waals surface area contributed by atoms with Crippen LogP contribution < -0.4 is 4.74 Å². The Morgan fingerprint density at radius 3 is 2.24 bits per heavy atom. The zero-order valence-corrected chi connectivity index (χ0v) is 13.9. The van der Waals surface area contributed by atoms with Crippen LogP contribution in [0.25, 0.3) is 0 Å². The summed E-state index contributed by atoms with van der Waals surface area (Å²) < 4.78 is 5.15. The quantitative estimate of drug-likeness (QED) is 0.929. The van der Waals surface area contributed by atoms with Gasteiger partial charge in [0.25, 0.3) is 0 Å². The van der Waals surface area contributed by atoms with E-state index in [9.17, 15) is 5.11 Å². The van der Waals surface area contributed by atoms with Crippen molar-refractivity contribution >= 4 is 0 Å². The van der Waals surface area contributed by atoms with E-state index in [4.69, 9.17) is 4.74 Å². The molecule has 1 aliphatic heterocycles. The van der Waals surface area contributed by atoms with Crippen molar-refractivity contribution < 1.29 is 9.84 Å². The van der Waals surface area contributed by atoms with Crippen LogP contribution in [0, 0.1) is 0 Å². The van der Waals surface area contributed by atoms with Crippen LogP contribution in [-0.4, -0.2) is 53.7 Å². The number of hydrogen-bond acceptors (Lipinski definition) is 4. The van der Waals surface area contributed by atoms with Crippen LogP contribution in [0.15, 0.2) is 18.2 Å². The highest BCUT2D eigenvalue weighted by Crippen LogP contribution is 2.32. The van der Waals surface area contributed by atoms with E-state index in [2.05, 4.69) is 37.5 Å². The molecule has 4 nitrogen and oxygen atoms in total. The fourth-order valence-electron chi connectivity index (χ4n) is 2.98. The van der Waals surface area contributed by atoms with Crippen molar-refractivity contribution in [1.82, 2.24) is 9.80 Å². The van der Waals surface area contributed by atoms with Crippen LogP contribution in [0.4, 0.5) is 0 Å². The van der Waals surface area contributed by atoms with E-state index in [0.717, 1.165) is 31.7 Å². The Hall–Kier alpha value is -1.26. The summed E-state index contributed by atoms with van der Waals surface area (Å²) in [5.41, 5.74) is 1.21. The average Bonchev–Trinajstić information content (AvgIpc) is 2.45. The van der Waals surface area contributed by atoms with Gasteiger partial charge in [-0.25, -0.2) is 0 Å². The molecule has 0 bridgehead atoms. The lowest BCUT2D eigenvalue weighted by atomic mass is 10.0. The highest BCUT2D eigenvalue weighted by atomic mass is 16.5. The second kappa shape index (κ2) is 6.24. The number of aromatic hydroxyl groups is 1. The summed E-state index contributed by atoms with van der Waals surface area (Å²) in [5.74, 6) is 1.01. The normalized spacial score (nSPS) is 19.5. The van der Waals surface area contributed by atoms with Crippen LogP contribution in [0.3, 0.4) is 0 Å². The molecule has 0 aliphatic carbocycles. The molecule has 0 aromatic heterocycles. The molecule has 118 valence electrons. The monoisotopic (exact) mass is 292 g/mol. The lowest BCUT2D eigenvalue weighted by molar-refractivity contribution is 0.0449. The van der Waals surface area contributed by atoms with Crippen LogP contribution >= 0.6 is 0 Å². The summed E-state index contributed by atoms with van der Waals surface area (Å²) >= 11 is 0. The standard InChI is InChI=1S/C17H28N2O2/c1-13(15-7-6-14(21-5)12-16(15)20)18-8-10-19(11-9-18)17(2,3)4/h6-7,12-13,20H,8-11H2,1-5H3. The summed E-state index contributed by atoms with van der Waals surface area (Å²) in [4.78, 5) is 4.95. The molecule has 1 atom stereocenters. The number of phenols is 1. The van der Waals surface area contributed by atoms with Crippen molar-refractivity contribution in [2.24, 2.45) is 0 Å². The fraction of sp³-hybridized carbons (Fsp3) is 0.647. The molecule has 1 aromatic carbocycles. The number of rotatable bonds is 3. The summed E-state index contributed by atoms with van der Waals surface area (Å²) in [7, 11) is 1.61. The van der Waals surface area contributed by atoms with Gasteiger partial charge in [0, 0.05) is 49.4 Å². The van der Waals surface area contributed by atoms with Crippen LogP contribution in [-0.2, 0) is 0 Å². The predicted octanol–water partition coefficient (Wildman–Crippen LogP) is 2.88. The molecule has 1 N–H and O–H groups in total. The zero-order valence-electron chi connectivity index (χ0n) is 13.9. The van der Waals surface area contributed by atoms with Gasteiger partial charge in [0.1, 0.15) is 11.5 Å². The van der Waals surface area contributed by atoms with E-state index in [0.29, 0.717) is 11.5 Å². The van der Waals surface area contributed by atoms with Gasteiger partial charge >= 0.3 is 0 Å². The first-order chi connectivity index (χ1) is 9.82. The largest absolute Gasteiger partial charge is 0.507 e. The van der Waals surface area contributed by atoms with Crippen molar-refractivity contribution in [1.29, 1.82) is 0 Å². The van der Waals surface area contributed by atoms with E-state index in [1.54, 1.807) is 13.2 Å². The molecule has 1 saturated heterocycles. The molecule has 21 heavy (non-hydrogen) atoms. The first kappa shape index (κ1) is 16.1. The van der Waals surface area contributed by atoms with E-state index in [1.165, 1.54) is 0 Å². The Kier molecular flexibility index (Phi) is 4.79. The molecule has 0 saturated carbocycles. The third-order valence-corrected chi connectivity index (χ3v) is 4.50. The van der Waals surface area contributed by atoms with Gasteiger partial charge in [-0.05, 0) is 33.8 Å². The maximum absolute atomic E-state index is 10.2. The van der Waals surface area contributed by atoms with Gasteiger partial charge < -0.3 is 9.84 Å². The summed E-state index contributed by atoms with van der Waals surface area (Å²) in [5, 5.41) is 10.2. The molecule has 0 radical (unpaired) electrons. The smallest absolute Gasteiger partial charge is 0.124 e. The van der Waals surface area contributed by atoms with Gasteiger partial charge in [0.05, 0.1) is 7.11 Å². The Bertz CT molecular complexity index is 474. The number of ether oxygens (including phenoxy) is 1. The van der Waals surface area contributed by atoms with E-state index >= 15 is 0 Å². The van der Waals surface area contributed by atoms with Crippen molar-refractivity contribution in [2.45, 2.75) is 39.3 Å². The summed E-state index contributed by atoms with van der Waals surface area (Å²) in [6.45, 7) is 13.2. The molecule has 4 heteroatoms. The topological polar surface area (TPSA) is 35.9 Å². The van der Waals surface area contributed by atoms with Gasteiger partial charge in [-0.3, -0.25) is 9.80 Å². The number of methoxy groups -OCH3 is 1. The predicted molar refractivity (Wildman–Crippen MR) is 86.0 cm³/mol. The van der Waals surface area contributed by atoms with E-state index in [1.807, 2.05) is 12.1 Å². The third-order valence-electron chi connectivity index (χ3n) is 4.50. The average molecular weight is 292 g/mol. The highest BCUT2D eigenvalue weighted by molar-refractivity contribution is 5.41. The number of benzene rings is 1. The summed E-state index contributed by atoms with van der Waals surface area (Å²) in [6, 6.07) is 5.79. The van der Waals surface area contributed by atoms with Crippen molar-refractivity contribution in [3.8, 4) is 11.5 Å². The highest BCUT2D eigenvalue weighted by Gasteiger charge is 2.28. The Balaban J connectivity index is 2.03. The first-order valence-corrected chi connectivity index (χ1v) is 7.69. The molecule has 2 rings (SSSR count). The molecule has 1 aromatic rings. The van der Waals surface area contributed by atoms with Crippen LogP contribution in [0.1, 0.15) is 39.3 Å². The molecule has 0 amide bonds. The molecule has 1 aliphatic rings. The molecule has 1 unspecified atom stereocenters. The molecule has 1 heterocycles. The Morgan fingerprint density at radius 1 is 1.14 bits per heavy atom. The van der Waals surface area contributed by atoms with E-state index in [-0.39, 0.29) is 11.6 Å². The minimum absolute atomic E-state index is 0.220. The molecule has 1 fully saturated rings. The maximum atomic E-state index is 10.2. The first-order valence-electron chi connectivity index (χ1n) is 7.69. The van der Waals surface area contributed by atoms with Gasteiger partial charge in [0.2, 0.25) is 0 Å². The third kappa shape index (κ3) is 3.69. The Morgan fingerprint density at radius 2 is 1.76 bits per heavy atom. The zero-order chi connectivity index (χ0) is 15.6.